The summed E-state index contributed by atoms with van der Waals surface area (Å²) in [6, 6.07) is 16.2. The van der Waals surface area contributed by atoms with Crippen molar-refractivity contribution in [1.29, 1.82) is 0 Å². The highest BCUT2D eigenvalue weighted by Gasteiger charge is 2.13. The van der Waals surface area contributed by atoms with E-state index in [0.29, 0.717) is 22.5 Å². The number of carbonyl (C=O) groups excluding carboxylic acids is 2. The molecule has 138 valence electrons. The molecule has 2 heterocycles. The van der Waals surface area contributed by atoms with E-state index in [0.717, 1.165) is 16.5 Å². The summed E-state index contributed by atoms with van der Waals surface area (Å²) in [4.78, 5) is 32.3. The molecule has 0 radical (unpaired) electrons. The van der Waals surface area contributed by atoms with Crippen LogP contribution in [0.3, 0.4) is 0 Å². The third kappa shape index (κ3) is 3.61. The van der Waals surface area contributed by atoms with Crippen LogP contribution < -0.4 is 10.6 Å². The van der Waals surface area contributed by atoms with Crippen LogP contribution in [0.1, 0.15) is 26.3 Å². The minimum atomic E-state index is -0.254. The smallest absolute Gasteiger partial charge is 0.256 e. The molecule has 0 spiro atoms. The monoisotopic (exact) mass is 370 g/mol. The van der Waals surface area contributed by atoms with Gasteiger partial charge in [0, 0.05) is 40.1 Å². The summed E-state index contributed by atoms with van der Waals surface area (Å²) >= 11 is 0. The van der Waals surface area contributed by atoms with Crippen LogP contribution in [0.15, 0.2) is 73.2 Å². The number of aryl methyl sites for hydroxylation is 1. The Labute approximate surface area is 161 Å². The van der Waals surface area contributed by atoms with Gasteiger partial charge in [0.05, 0.1) is 11.9 Å². The number of nitrogens with one attached hydrogen (secondary N) is 3. The van der Waals surface area contributed by atoms with Gasteiger partial charge in [0.25, 0.3) is 11.8 Å². The number of nitrogens with zero attached hydrogens (tertiary/aromatic N) is 1. The van der Waals surface area contributed by atoms with Crippen molar-refractivity contribution in [3.05, 3.63) is 89.9 Å². The zero-order chi connectivity index (χ0) is 19.5. The number of pyridine rings is 1. The van der Waals surface area contributed by atoms with E-state index in [1.54, 1.807) is 42.7 Å². The molecule has 0 aliphatic heterocycles. The molecule has 2 amide bonds. The van der Waals surface area contributed by atoms with Gasteiger partial charge < -0.3 is 15.6 Å². The van der Waals surface area contributed by atoms with E-state index >= 15 is 0 Å². The van der Waals surface area contributed by atoms with Gasteiger partial charge in [0.2, 0.25) is 0 Å². The first-order valence-corrected chi connectivity index (χ1v) is 8.81. The molecule has 4 aromatic rings. The van der Waals surface area contributed by atoms with Crippen LogP contribution in [0, 0.1) is 6.92 Å². The third-order valence-corrected chi connectivity index (χ3v) is 4.47. The molecule has 0 aliphatic carbocycles. The molecule has 0 saturated carbocycles. The number of carbonyl (C=O) groups is 2. The molecule has 3 N–H and O–H groups in total. The molecule has 2 aromatic carbocycles. The van der Waals surface area contributed by atoms with Crippen LogP contribution in [0.4, 0.5) is 11.4 Å². The molecule has 0 bridgehead atoms. The second-order valence-electron chi connectivity index (χ2n) is 6.46. The third-order valence-electron chi connectivity index (χ3n) is 4.47. The number of aromatic amines is 1. The predicted octanol–water partition coefficient (Wildman–Crippen LogP) is 4.38. The fourth-order valence-corrected chi connectivity index (χ4v) is 2.98. The summed E-state index contributed by atoms with van der Waals surface area (Å²) in [6.45, 7) is 1.85. The fourth-order valence-electron chi connectivity index (χ4n) is 2.98. The number of fused-ring (bicyclic) bond motifs is 1. The Morgan fingerprint density at radius 3 is 2.61 bits per heavy atom. The van der Waals surface area contributed by atoms with E-state index in [9.17, 15) is 9.59 Å². The van der Waals surface area contributed by atoms with E-state index in [1.807, 2.05) is 37.4 Å². The molecular formula is C22H18N4O2. The number of benzene rings is 2. The average molecular weight is 370 g/mol. The van der Waals surface area contributed by atoms with Gasteiger partial charge in [0.15, 0.2) is 0 Å². The molecule has 6 nitrogen and oxygen atoms in total. The van der Waals surface area contributed by atoms with E-state index in [2.05, 4.69) is 20.6 Å². The largest absolute Gasteiger partial charge is 0.361 e. The molecule has 6 heteroatoms. The summed E-state index contributed by atoms with van der Waals surface area (Å²) in [5.41, 5.74) is 3.99. The van der Waals surface area contributed by atoms with Crippen LogP contribution in [-0.4, -0.2) is 21.8 Å². The van der Waals surface area contributed by atoms with Crippen molar-refractivity contribution in [2.24, 2.45) is 0 Å². The number of amides is 2. The highest BCUT2D eigenvalue weighted by atomic mass is 16.2. The minimum Gasteiger partial charge on any atom is -0.361 e. The lowest BCUT2D eigenvalue weighted by atomic mass is 10.1. The summed E-state index contributed by atoms with van der Waals surface area (Å²) in [5.74, 6) is -0.485. The van der Waals surface area contributed by atoms with Crippen molar-refractivity contribution < 1.29 is 9.59 Å². The van der Waals surface area contributed by atoms with Crippen molar-refractivity contribution >= 4 is 34.1 Å². The second-order valence-corrected chi connectivity index (χ2v) is 6.46. The Hall–Kier alpha value is -3.93. The first kappa shape index (κ1) is 17.5. The van der Waals surface area contributed by atoms with Crippen molar-refractivity contribution in [3.63, 3.8) is 0 Å². The topological polar surface area (TPSA) is 86.9 Å². The first-order chi connectivity index (χ1) is 13.6. The second kappa shape index (κ2) is 7.36. The number of hydrogen-bond acceptors (Lipinski definition) is 3. The lowest BCUT2D eigenvalue weighted by Gasteiger charge is -2.11. The number of aromatic nitrogens is 2. The Kier molecular flexibility index (Phi) is 4.60. The summed E-state index contributed by atoms with van der Waals surface area (Å²) in [7, 11) is 0. The van der Waals surface area contributed by atoms with Crippen molar-refractivity contribution in [2.45, 2.75) is 6.92 Å². The number of H-pyrrole nitrogens is 1. The Balaban J connectivity index is 1.54. The Morgan fingerprint density at radius 1 is 0.929 bits per heavy atom. The predicted molar refractivity (Wildman–Crippen MR) is 110 cm³/mol. The lowest BCUT2D eigenvalue weighted by molar-refractivity contribution is 0.101. The molecule has 0 unspecified atom stereocenters. The van der Waals surface area contributed by atoms with E-state index in [1.165, 1.54) is 0 Å². The molecule has 0 atom stereocenters. The lowest BCUT2D eigenvalue weighted by Crippen LogP contribution is -2.16. The Bertz CT molecular complexity index is 1170. The molecule has 0 aliphatic rings. The van der Waals surface area contributed by atoms with E-state index in [4.69, 9.17) is 0 Å². The zero-order valence-corrected chi connectivity index (χ0v) is 15.2. The van der Waals surface area contributed by atoms with Crippen LogP contribution in [0.2, 0.25) is 0 Å². The Morgan fingerprint density at radius 2 is 1.79 bits per heavy atom. The standard InChI is InChI=1S/C22H18N4O2/c1-14-4-6-17(12-19(14)22(28)26-18-3-2-9-23-13-18)25-21(27)16-5-7-20-15(11-16)8-10-24-20/h2-13,24H,1H3,(H,25,27)(H,26,28). The van der Waals surface area contributed by atoms with Gasteiger partial charge in [0.1, 0.15) is 0 Å². The minimum absolute atomic E-state index is 0.231. The van der Waals surface area contributed by atoms with Crippen molar-refractivity contribution in [1.82, 2.24) is 9.97 Å². The van der Waals surface area contributed by atoms with Gasteiger partial charge >= 0.3 is 0 Å². The maximum Gasteiger partial charge on any atom is 0.256 e. The van der Waals surface area contributed by atoms with Crippen LogP contribution in [0.5, 0.6) is 0 Å². The van der Waals surface area contributed by atoms with Gasteiger partial charge in [-0.3, -0.25) is 14.6 Å². The van der Waals surface area contributed by atoms with Gasteiger partial charge in [-0.1, -0.05) is 6.07 Å². The number of anilines is 2. The van der Waals surface area contributed by atoms with Crippen molar-refractivity contribution in [3.8, 4) is 0 Å². The fraction of sp³-hybridized carbons (Fsp3) is 0.0455. The molecule has 0 saturated heterocycles. The quantitative estimate of drug-likeness (QED) is 0.498. The average Bonchev–Trinajstić information content (AvgIpc) is 3.18. The van der Waals surface area contributed by atoms with Gasteiger partial charge in [-0.05, 0) is 61.0 Å². The zero-order valence-electron chi connectivity index (χ0n) is 15.2. The summed E-state index contributed by atoms with van der Waals surface area (Å²) in [5, 5.41) is 6.64. The van der Waals surface area contributed by atoms with Gasteiger partial charge in [-0.2, -0.15) is 0 Å². The first-order valence-electron chi connectivity index (χ1n) is 8.81. The summed E-state index contributed by atoms with van der Waals surface area (Å²) in [6.07, 6.45) is 5.05. The van der Waals surface area contributed by atoms with Crippen molar-refractivity contribution in [2.75, 3.05) is 10.6 Å². The molecule has 28 heavy (non-hydrogen) atoms. The van der Waals surface area contributed by atoms with Crippen LogP contribution in [0.25, 0.3) is 10.9 Å². The van der Waals surface area contributed by atoms with E-state index < -0.39 is 0 Å². The molecule has 0 fully saturated rings. The SMILES string of the molecule is Cc1ccc(NC(=O)c2ccc3[nH]ccc3c2)cc1C(=O)Nc1cccnc1. The maximum atomic E-state index is 12.6. The van der Waals surface area contributed by atoms with E-state index in [-0.39, 0.29) is 11.8 Å². The molecule has 4 rings (SSSR count). The van der Waals surface area contributed by atoms with Crippen LogP contribution >= 0.6 is 0 Å². The van der Waals surface area contributed by atoms with Gasteiger partial charge in [-0.15, -0.1) is 0 Å². The highest BCUT2D eigenvalue weighted by Crippen LogP contribution is 2.19. The number of rotatable bonds is 4. The summed E-state index contributed by atoms with van der Waals surface area (Å²) < 4.78 is 0. The normalized spacial score (nSPS) is 10.6. The van der Waals surface area contributed by atoms with Gasteiger partial charge in [-0.25, -0.2) is 0 Å². The highest BCUT2D eigenvalue weighted by molar-refractivity contribution is 6.08. The number of hydrogen-bond donors (Lipinski definition) is 3. The maximum absolute atomic E-state index is 12.6. The van der Waals surface area contributed by atoms with Crippen LogP contribution in [-0.2, 0) is 0 Å². The molecule has 2 aromatic heterocycles. The molecular weight excluding hydrogens is 352 g/mol.